The summed E-state index contributed by atoms with van der Waals surface area (Å²) in [5.74, 6) is 0.0155. The highest BCUT2D eigenvalue weighted by Crippen LogP contribution is 2.25. The monoisotopic (exact) mass is 455 g/mol. The molecule has 1 aliphatic rings. The summed E-state index contributed by atoms with van der Waals surface area (Å²) in [5.41, 5.74) is 4.19. The normalized spacial score (nSPS) is 17.0. The van der Waals surface area contributed by atoms with Gasteiger partial charge in [0.25, 0.3) is 0 Å². The van der Waals surface area contributed by atoms with Crippen molar-refractivity contribution in [3.63, 3.8) is 0 Å². The van der Waals surface area contributed by atoms with Gasteiger partial charge in [-0.3, -0.25) is 9.69 Å². The van der Waals surface area contributed by atoms with Crippen molar-refractivity contribution >= 4 is 27.5 Å². The molecule has 5 nitrogen and oxygen atoms in total. The van der Waals surface area contributed by atoms with Crippen LogP contribution in [-0.2, 0) is 9.53 Å². The van der Waals surface area contributed by atoms with Crippen LogP contribution in [0.5, 0.6) is 0 Å². The zero-order valence-electron chi connectivity index (χ0n) is 16.9. The number of benzene rings is 2. The van der Waals surface area contributed by atoms with Crippen LogP contribution in [0.1, 0.15) is 29.2 Å². The molecule has 0 spiro atoms. The molecule has 1 amide bonds. The van der Waals surface area contributed by atoms with Crippen molar-refractivity contribution in [3.8, 4) is 6.07 Å². The predicted octanol–water partition coefficient (Wildman–Crippen LogP) is 4.39. The predicted molar refractivity (Wildman–Crippen MR) is 118 cm³/mol. The Balaban J connectivity index is 1.71. The number of halogens is 1. The highest BCUT2D eigenvalue weighted by atomic mass is 79.9. The average molecular weight is 456 g/mol. The van der Waals surface area contributed by atoms with Gasteiger partial charge in [-0.2, -0.15) is 5.26 Å². The van der Waals surface area contributed by atoms with Crippen LogP contribution >= 0.6 is 15.9 Å². The van der Waals surface area contributed by atoms with Crippen molar-refractivity contribution in [2.45, 2.75) is 26.4 Å². The molecule has 6 heteroatoms. The third-order valence-corrected chi connectivity index (χ3v) is 5.55. The SMILES string of the molecule is Cc1cc(C)cc(N(CCC#N)C(=O)CN2CCOC(c3ccc(Br)cc3)C2)c1. The fraction of sp³-hybridized carbons (Fsp3) is 0.391. The van der Waals surface area contributed by atoms with Gasteiger partial charge in [0.15, 0.2) is 0 Å². The lowest BCUT2D eigenvalue weighted by Gasteiger charge is -2.34. The van der Waals surface area contributed by atoms with Gasteiger partial charge in [-0.15, -0.1) is 0 Å². The van der Waals surface area contributed by atoms with Gasteiger partial charge in [0, 0.05) is 29.8 Å². The molecule has 1 fully saturated rings. The van der Waals surface area contributed by atoms with Gasteiger partial charge in [-0.05, 0) is 54.8 Å². The summed E-state index contributed by atoms with van der Waals surface area (Å²) in [5, 5.41) is 9.04. The number of anilines is 1. The lowest BCUT2D eigenvalue weighted by atomic mass is 10.1. The van der Waals surface area contributed by atoms with Gasteiger partial charge < -0.3 is 9.64 Å². The van der Waals surface area contributed by atoms with E-state index in [9.17, 15) is 4.79 Å². The maximum absolute atomic E-state index is 13.2. The standard InChI is InChI=1S/C23H26BrN3O2/c1-17-12-18(2)14-21(13-17)27(9-3-8-25)23(28)16-26-10-11-29-22(15-26)19-4-6-20(24)7-5-19/h4-7,12-14,22H,3,9-11,15-16H2,1-2H3. The number of carbonyl (C=O) groups is 1. The van der Waals surface area contributed by atoms with Crippen molar-refractivity contribution in [2.75, 3.05) is 37.7 Å². The summed E-state index contributed by atoms with van der Waals surface area (Å²) in [7, 11) is 0. The second kappa shape index (κ2) is 10.0. The Hall–Kier alpha value is -2.20. The maximum atomic E-state index is 13.2. The maximum Gasteiger partial charge on any atom is 0.241 e. The first kappa shape index (κ1) is 21.5. The van der Waals surface area contributed by atoms with Crippen LogP contribution in [0.4, 0.5) is 5.69 Å². The van der Waals surface area contributed by atoms with E-state index in [0.717, 1.165) is 33.4 Å². The van der Waals surface area contributed by atoms with E-state index in [1.54, 1.807) is 4.90 Å². The van der Waals surface area contributed by atoms with Crippen molar-refractivity contribution in [3.05, 3.63) is 63.6 Å². The first-order chi connectivity index (χ1) is 14.0. The van der Waals surface area contributed by atoms with Crippen molar-refractivity contribution in [1.29, 1.82) is 5.26 Å². The molecule has 0 N–H and O–H groups in total. The fourth-order valence-electron chi connectivity index (χ4n) is 3.67. The van der Waals surface area contributed by atoms with Crippen LogP contribution in [0, 0.1) is 25.2 Å². The fourth-order valence-corrected chi connectivity index (χ4v) is 3.93. The quantitative estimate of drug-likeness (QED) is 0.647. The lowest BCUT2D eigenvalue weighted by molar-refractivity contribution is -0.121. The molecule has 1 unspecified atom stereocenters. The molecule has 29 heavy (non-hydrogen) atoms. The molecular formula is C23H26BrN3O2. The Labute approximate surface area is 181 Å². The molecule has 2 aromatic rings. The van der Waals surface area contributed by atoms with Gasteiger partial charge in [-0.25, -0.2) is 0 Å². The Morgan fingerprint density at radius 1 is 1.24 bits per heavy atom. The zero-order valence-corrected chi connectivity index (χ0v) is 18.5. The van der Waals surface area contributed by atoms with Gasteiger partial charge >= 0.3 is 0 Å². The van der Waals surface area contributed by atoms with E-state index < -0.39 is 0 Å². The number of carbonyl (C=O) groups excluding carboxylic acids is 1. The Morgan fingerprint density at radius 3 is 2.59 bits per heavy atom. The van der Waals surface area contributed by atoms with E-state index in [0.29, 0.717) is 32.7 Å². The van der Waals surface area contributed by atoms with Crippen molar-refractivity contribution < 1.29 is 9.53 Å². The van der Waals surface area contributed by atoms with Gasteiger partial charge in [0.2, 0.25) is 5.91 Å². The van der Waals surface area contributed by atoms with E-state index in [1.807, 2.05) is 38.1 Å². The number of amides is 1. The molecule has 1 saturated heterocycles. The first-order valence-electron chi connectivity index (χ1n) is 9.81. The van der Waals surface area contributed by atoms with Crippen LogP contribution in [0.3, 0.4) is 0 Å². The number of aryl methyl sites for hydroxylation is 2. The third-order valence-electron chi connectivity index (χ3n) is 5.02. The molecule has 0 aromatic heterocycles. The number of rotatable bonds is 6. The molecule has 2 aromatic carbocycles. The molecule has 0 radical (unpaired) electrons. The van der Waals surface area contributed by atoms with E-state index in [-0.39, 0.29) is 12.0 Å². The molecule has 152 valence electrons. The van der Waals surface area contributed by atoms with E-state index in [2.05, 4.69) is 45.1 Å². The largest absolute Gasteiger partial charge is 0.371 e. The van der Waals surface area contributed by atoms with Crippen molar-refractivity contribution in [2.24, 2.45) is 0 Å². The molecular weight excluding hydrogens is 430 g/mol. The first-order valence-corrected chi connectivity index (χ1v) is 10.6. The summed E-state index contributed by atoms with van der Waals surface area (Å²) in [6, 6.07) is 16.4. The van der Waals surface area contributed by atoms with Crippen LogP contribution in [-0.4, -0.2) is 43.6 Å². The van der Waals surface area contributed by atoms with Gasteiger partial charge in [0.05, 0.1) is 31.7 Å². The Bertz CT molecular complexity index is 872. The molecule has 1 aliphatic heterocycles. The second-order valence-corrected chi connectivity index (χ2v) is 8.36. The summed E-state index contributed by atoms with van der Waals surface area (Å²) < 4.78 is 6.97. The average Bonchev–Trinajstić information content (AvgIpc) is 2.68. The van der Waals surface area contributed by atoms with Gasteiger partial charge in [0.1, 0.15) is 0 Å². The highest BCUT2D eigenvalue weighted by molar-refractivity contribution is 9.10. The molecule has 0 bridgehead atoms. The molecule has 3 rings (SSSR count). The number of morpholine rings is 1. The number of nitriles is 1. The summed E-state index contributed by atoms with van der Waals surface area (Å²) in [4.78, 5) is 17.0. The molecule has 0 aliphatic carbocycles. The van der Waals surface area contributed by atoms with E-state index >= 15 is 0 Å². The topological polar surface area (TPSA) is 56.6 Å². The minimum absolute atomic E-state index is 0.0155. The smallest absolute Gasteiger partial charge is 0.241 e. The molecule has 1 atom stereocenters. The Morgan fingerprint density at radius 2 is 1.93 bits per heavy atom. The minimum atomic E-state index is -0.0431. The van der Waals surface area contributed by atoms with Crippen molar-refractivity contribution in [1.82, 2.24) is 4.90 Å². The molecule has 0 saturated carbocycles. The summed E-state index contributed by atoms with van der Waals surface area (Å²) >= 11 is 3.46. The van der Waals surface area contributed by atoms with Gasteiger partial charge in [-0.1, -0.05) is 34.1 Å². The Kier molecular flexibility index (Phi) is 7.43. The number of hydrogen-bond acceptors (Lipinski definition) is 4. The minimum Gasteiger partial charge on any atom is -0.371 e. The van der Waals surface area contributed by atoms with Crippen LogP contribution in [0.15, 0.2) is 46.9 Å². The highest BCUT2D eigenvalue weighted by Gasteiger charge is 2.26. The van der Waals surface area contributed by atoms with Crippen LogP contribution in [0.25, 0.3) is 0 Å². The molecule has 1 heterocycles. The van der Waals surface area contributed by atoms with E-state index in [4.69, 9.17) is 10.00 Å². The number of nitrogens with zero attached hydrogens (tertiary/aromatic N) is 3. The lowest BCUT2D eigenvalue weighted by Crippen LogP contribution is -2.46. The number of ether oxygens (including phenoxy) is 1. The zero-order chi connectivity index (χ0) is 20.8. The summed E-state index contributed by atoms with van der Waals surface area (Å²) in [6.07, 6.45) is 0.266. The van der Waals surface area contributed by atoms with Crippen LogP contribution in [0.2, 0.25) is 0 Å². The number of hydrogen-bond donors (Lipinski definition) is 0. The van der Waals surface area contributed by atoms with E-state index in [1.165, 1.54) is 0 Å². The van der Waals surface area contributed by atoms with Crippen LogP contribution < -0.4 is 4.90 Å². The third kappa shape index (κ3) is 5.89. The summed E-state index contributed by atoms with van der Waals surface area (Å²) in [6.45, 7) is 6.75. The second-order valence-electron chi connectivity index (χ2n) is 7.45.